The number of pyridine rings is 1. The average molecular weight is 201 g/mol. The molecule has 0 radical (unpaired) electrons. The zero-order valence-corrected chi connectivity index (χ0v) is 7.21. The van der Waals surface area contributed by atoms with Gasteiger partial charge < -0.3 is 4.57 Å². The molecule has 0 N–H and O–H groups in total. The molecule has 2 aromatic heterocycles. The fraction of sp³-hybridized carbons (Fsp3) is 0.250. The molecule has 2 aromatic rings. The minimum Gasteiger partial charge on any atom is -0.332 e. The van der Waals surface area contributed by atoms with Crippen LogP contribution < -0.4 is 0 Å². The first-order chi connectivity index (χ1) is 6.50. The van der Waals surface area contributed by atoms with Crippen molar-refractivity contribution in [3.63, 3.8) is 0 Å². The van der Waals surface area contributed by atoms with E-state index in [1.165, 1.54) is 17.9 Å². The second-order valence-electron chi connectivity index (χ2n) is 2.88. The quantitative estimate of drug-likeness (QED) is 0.652. The van der Waals surface area contributed by atoms with Gasteiger partial charge in [0.15, 0.2) is 5.65 Å². The normalized spacial score (nSPS) is 12.3. The Morgan fingerprint density at radius 3 is 2.64 bits per heavy atom. The molecule has 0 amide bonds. The van der Waals surface area contributed by atoms with Crippen LogP contribution in [0.5, 0.6) is 0 Å². The first kappa shape index (κ1) is 8.98. The number of hydrogen-bond acceptors (Lipinski definition) is 2. The molecule has 0 aliphatic rings. The Morgan fingerprint density at radius 2 is 2.00 bits per heavy atom. The summed E-state index contributed by atoms with van der Waals surface area (Å²) in [6.45, 7) is 0. The highest BCUT2D eigenvalue weighted by atomic mass is 19.4. The molecular weight excluding hydrogens is 195 g/mol. The minimum absolute atomic E-state index is 0.0139. The zero-order valence-electron chi connectivity index (χ0n) is 7.21. The number of imidazole rings is 1. The van der Waals surface area contributed by atoms with Gasteiger partial charge >= 0.3 is 6.18 Å². The van der Waals surface area contributed by atoms with Crippen LogP contribution in [0, 0.1) is 0 Å². The Morgan fingerprint density at radius 1 is 1.29 bits per heavy atom. The van der Waals surface area contributed by atoms with E-state index >= 15 is 0 Å². The van der Waals surface area contributed by atoms with Crippen molar-refractivity contribution in [1.82, 2.24) is 14.5 Å². The summed E-state index contributed by atoms with van der Waals surface area (Å²) in [7, 11) is 1.51. The molecule has 14 heavy (non-hydrogen) atoms. The van der Waals surface area contributed by atoms with Crippen molar-refractivity contribution >= 4 is 11.2 Å². The van der Waals surface area contributed by atoms with Crippen LogP contribution in [0.4, 0.5) is 13.2 Å². The minimum atomic E-state index is -4.37. The Hall–Kier alpha value is -1.59. The van der Waals surface area contributed by atoms with E-state index in [4.69, 9.17) is 0 Å². The maximum absolute atomic E-state index is 12.5. The zero-order chi connectivity index (χ0) is 10.3. The van der Waals surface area contributed by atoms with Crippen molar-refractivity contribution < 1.29 is 13.2 Å². The largest absolute Gasteiger partial charge is 0.418 e. The van der Waals surface area contributed by atoms with E-state index in [9.17, 15) is 13.2 Å². The lowest BCUT2D eigenvalue weighted by molar-refractivity contribution is -0.136. The third kappa shape index (κ3) is 1.23. The number of nitrogens with zero attached hydrogens (tertiary/aromatic N) is 3. The number of halogens is 3. The molecule has 0 aliphatic heterocycles. The maximum Gasteiger partial charge on any atom is 0.418 e. The van der Waals surface area contributed by atoms with E-state index in [0.29, 0.717) is 0 Å². The summed E-state index contributed by atoms with van der Waals surface area (Å²) >= 11 is 0. The summed E-state index contributed by atoms with van der Waals surface area (Å²) in [4.78, 5) is 7.49. The van der Waals surface area contributed by atoms with Crippen molar-refractivity contribution in [1.29, 1.82) is 0 Å². The van der Waals surface area contributed by atoms with Crippen LogP contribution >= 0.6 is 0 Å². The van der Waals surface area contributed by atoms with E-state index in [2.05, 4.69) is 9.97 Å². The number of fused-ring (bicyclic) bond motifs is 1. The Labute approximate surface area is 77.2 Å². The topological polar surface area (TPSA) is 30.7 Å². The summed E-state index contributed by atoms with van der Waals surface area (Å²) < 4.78 is 38.8. The van der Waals surface area contributed by atoms with Crippen LogP contribution in [0.3, 0.4) is 0 Å². The highest BCUT2D eigenvalue weighted by Crippen LogP contribution is 2.33. The molecule has 2 heterocycles. The van der Waals surface area contributed by atoms with Crippen LogP contribution in [0.25, 0.3) is 11.2 Å². The number of alkyl halides is 3. The van der Waals surface area contributed by atoms with Gasteiger partial charge in [-0.3, -0.25) is 0 Å². The molecule has 2 rings (SSSR count). The van der Waals surface area contributed by atoms with Gasteiger partial charge in [-0.25, -0.2) is 9.97 Å². The molecule has 3 nitrogen and oxygen atoms in total. The second kappa shape index (κ2) is 2.70. The predicted octanol–water partition coefficient (Wildman–Crippen LogP) is 1.99. The summed E-state index contributed by atoms with van der Waals surface area (Å²) in [6.07, 6.45) is -1.94. The van der Waals surface area contributed by atoms with Crippen molar-refractivity contribution in [3.05, 3.63) is 24.2 Å². The fourth-order valence-corrected chi connectivity index (χ4v) is 1.31. The third-order valence-electron chi connectivity index (χ3n) is 1.92. The summed E-state index contributed by atoms with van der Waals surface area (Å²) in [5.41, 5.74) is -0.579. The molecule has 74 valence electrons. The molecule has 0 saturated carbocycles. The average Bonchev–Trinajstić information content (AvgIpc) is 2.46. The van der Waals surface area contributed by atoms with Crippen molar-refractivity contribution in [2.24, 2.45) is 7.05 Å². The molecular formula is C8H6F3N3. The second-order valence-corrected chi connectivity index (χ2v) is 2.88. The van der Waals surface area contributed by atoms with Crippen molar-refractivity contribution in [2.75, 3.05) is 0 Å². The molecule has 0 aliphatic carbocycles. The molecule has 0 aromatic carbocycles. The highest BCUT2D eigenvalue weighted by molar-refractivity contribution is 5.75. The van der Waals surface area contributed by atoms with Gasteiger partial charge in [0.2, 0.25) is 0 Å². The number of rotatable bonds is 0. The number of hydrogen-bond donors (Lipinski definition) is 0. The van der Waals surface area contributed by atoms with Crippen molar-refractivity contribution in [3.8, 4) is 0 Å². The third-order valence-corrected chi connectivity index (χ3v) is 1.92. The van der Waals surface area contributed by atoms with Gasteiger partial charge in [0.25, 0.3) is 0 Å². The van der Waals surface area contributed by atoms with Crippen LogP contribution in [0.2, 0.25) is 0 Å². The maximum atomic E-state index is 12.5. The van der Waals surface area contributed by atoms with Crippen LogP contribution in [0.15, 0.2) is 18.6 Å². The predicted molar refractivity (Wildman–Crippen MR) is 43.5 cm³/mol. The SMILES string of the molecule is Cn1cnc2nccc(C(F)(F)F)c21. The molecule has 0 bridgehead atoms. The Balaban J connectivity index is 2.82. The first-order valence-electron chi connectivity index (χ1n) is 3.83. The van der Waals surface area contributed by atoms with Gasteiger partial charge in [-0.05, 0) is 6.07 Å². The summed E-state index contributed by atoms with van der Waals surface area (Å²) in [5, 5.41) is 0. The number of aromatic nitrogens is 3. The lowest BCUT2D eigenvalue weighted by Crippen LogP contribution is -2.07. The summed E-state index contributed by atoms with van der Waals surface area (Å²) in [5.74, 6) is 0. The monoisotopic (exact) mass is 201 g/mol. The van der Waals surface area contributed by atoms with Crippen LogP contribution in [-0.4, -0.2) is 14.5 Å². The molecule has 0 unspecified atom stereocenters. The fourth-order valence-electron chi connectivity index (χ4n) is 1.31. The van der Waals surface area contributed by atoms with E-state index in [0.717, 1.165) is 12.3 Å². The highest BCUT2D eigenvalue weighted by Gasteiger charge is 2.34. The van der Waals surface area contributed by atoms with E-state index in [-0.39, 0.29) is 11.2 Å². The molecule has 6 heteroatoms. The standard InChI is InChI=1S/C8H6F3N3/c1-14-4-13-7-6(14)5(2-3-12-7)8(9,10)11/h2-4H,1H3. The molecule has 0 atom stereocenters. The smallest absolute Gasteiger partial charge is 0.332 e. The molecule has 0 saturated heterocycles. The summed E-state index contributed by atoms with van der Waals surface area (Å²) in [6, 6.07) is 0.948. The molecule has 0 spiro atoms. The van der Waals surface area contributed by atoms with E-state index in [1.807, 2.05) is 0 Å². The lowest BCUT2D eigenvalue weighted by atomic mass is 10.2. The van der Waals surface area contributed by atoms with Gasteiger partial charge in [0.05, 0.1) is 17.4 Å². The van der Waals surface area contributed by atoms with Crippen LogP contribution in [0.1, 0.15) is 5.56 Å². The van der Waals surface area contributed by atoms with E-state index in [1.54, 1.807) is 0 Å². The van der Waals surface area contributed by atoms with Gasteiger partial charge in [-0.2, -0.15) is 13.2 Å². The van der Waals surface area contributed by atoms with Crippen molar-refractivity contribution in [2.45, 2.75) is 6.18 Å². The lowest BCUT2D eigenvalue weighted by Gasteiger charge is -2.07. The Bertz CT molecular complexity index is 472. The van der Waals surface area contributed by atoms with Gasteiger partial charge in [-0.15, -0.1) is 0 Å². The number of aryl methyl sites for hydroxylation is 1. The Kier molecular flexibility index (Phi) is 1.73. The van der Waals surface area contributed by atoms with Crippen LogP contribution in [-0.2, 0) is 13.2 Å². The molecule has 0 fully saturated rings. The van der Waals surface area contributed by atoms with Gasteiger partial charge in [0, 0.05) is 13.2 Å². The van der Waals surface area contributed by atoms with Gasteiger partial charge in [-0.1, -0.05) is 0 Å². The van der Waals surface area contributed by atoms with Gasteiger partial charge in [0.1, 0.15) is 0 Å². The van der Waals surface area contributed by atoms with E-state index < -0.39 is 11.7 Å². The first-order valence-corrected chi connectivity index (χ1v) is 3.83.